The van der Waals surface area contributed by atoms with E-state index >= 15 is 0 Å². The molecule has 2 heterocycles. The first-order chi connectivity index (χ1) is 15.3. The average molecular weight is 475 g/mol. The van der Waals surface area contributed by atoms with Crippen LogP contribution in [0.3, 0.4) is 0 Å². The van der Waals surface area contributed by atoms with E-state index in [-0.39, 0.29) is 23.8 Å². The number of thioether (sulfide) groups is 1. The van der Waals surface area contributed by atoms with Gasteiger partial charge in [-0.25, -0.2) is 9.97 Å². The van der Waals surface area contributed by atoms with Crippen molar-refractivity contribution < 1.29 is 14.3 Å². The van der Waals surface area contributed by atoms with Gasteiger partial charge in [0, 0.05) is 18.5 Å². The van der Waals surface area contributed by atoms with Crippen LogP contribution in [0.25, 0.3) is 0 Å². The minimum absolute atomic E-state index is 0.0638. The first kappa shape index (κ1) is 24.4. The lowest BCUT2D eigenvalue weighted by Crippen LogP contribution is -2.19. The number of nitrogens with zero attached hydrogens (tertiary/aromatic N) is 2. The summed E-state index contributed by atoms with van der Waals surface area (Å²) < 4.78 is 6.81. The van der Waals surface area contributed by atoms with Crippen molar-refractivity contribution in [2.45, 2.75) is 55.5 Å². The SMILES string of the molecule is C[C@H](C(=O)Nc1ncc(SCc2ncc(C(C)(C)C)o2)s1)c1ccc(CNCCO)cc1. The second-order valence-electron chi connectivity index (χ2n) is 8.49. The Labute approximate surface area is 197 Å². The predicted octanol–water partition coefficient (Wildman–Crippen LogP) is 4.55. The fraction of sp³-hybridized carbons (Fsp3) is 0.435. The Kier molecular flexibility index (Phi) is 8.47. The van der Waals surface area contributed by atoms with Gasteiger partial charge in [0.25, 0.3) is 0 Å². The topological polar surface area (TPSA) is 100 Å². The standard InChI is InChI=1S/C23H30N4O3S2/c1-15(17-7-5-16(6-8-17)11-24-9-10-28)21(29)27-22-26-13-20(32-22)31-14-19-25-12-18(30-19)23(2,3)4/h5-8,12-13,15,24,28H,9-11,14H2,1-4H3,(H,26,27,29)/t15-/m0/s1. The zero-order valence-corrected chi connectivity index (χ0v) is 20.5. The van der Waals surface area contributed by atoms with Crippen molar-refractivity contribution in [2.24, 2.45) is 0 Å². The molecule has 1 atom stereocenters. The van der Waals surface area contributed by atoms with Gasteiger partial charge in [0.1, 0.15) is 5.76 Å². The molecular formula is C23H30N4O3S2. The van der Waals surface area contributed by atoms with Gasteiger partial charge in [-0.15, -0.1) is 11.8 Å². The molecule has 3 N–H and O–H groups in total. The van der Waals surface area contributed by atoms with Gasteiger partial charge in [-0.3, -0.25) is 4.79 Å². The second kappa shape index (κ2) is 11.1. The number of carbonyl (C=O) groups excluding carboxylic acids is 1. The fourth-order valence-electron chi connectivity index (χ4n) is 2.84. The Morgan fingerprint density at radius 3 is 2.62 bits per heavy atom. The molecule has 7 nitrogen and oxygen atoms in total. The van der Waals surface area contributed by atoms with Crippen LogP contribution in [-0.4, -0.2) is 34.1 Å². The largest absolute Gasteiger partial charge is 0.444 e. The number of thiazole rings is 1. The zero-order chi connectivity index (χ0) is 23.1. The molecule has 2 aromatic heterocycles. The summed E-state index contributed by atoms with van der Waals surface area (Å²) in [6.45, 7) is 9.52. The van der Waals surface area contributed by atoms with E-state index in [0.717, 1.165) is 21.1 Å². The molecule has 0 saturated carbocycles. The molecule has 0 aliphatic carbocycles. The van der Waals surface area contributed by atoms with Crippen LogP contribution in [0, 0.1) is 0 Å². The molecule has 0 spiro atoms. The lowest BCUT2D eigenvalue weighted by Gasteiger charge is -2.12. The average Bonchev–Trinajstić information content (AvgIpc) is 3.42. The van der Waals surface area contributed by atoms with E-state index in [1.807, 2.05) is 31.2 Å². The molecule has 9 heteroatoms. The zero-order valence-electron chi connectivity index (χ0n) is 18.8. The maximum atomic E-state index is 12.7. The van der Waals surface area contributed by atoms with Gasteiger partial charge in [-0.1, -0.05) is 56.4 Å². The Balaban J connectivity index is 1.51. The number of anilines is 1. The predicted molar refractivity (Wildman–Crippen MR) is 129 cm³/mol. The number of oxazole rings is 1. The lowest BCUT2D eigenvalue weighted by molar-refractivity contribution is -0.117. The third kappa shape index (κ3) is 6.90. The molecule has 172 valence electrons. The van der Waals surface area contributed by atoms with Crippen molar-refractivity contribution in [3.8, 4) is 0 Å². The normalized spacial score (nSPS) is 12.7. The molecule has 1 aromatic carbocycles. The van der Waals surface area contributed by atoms with Crippen molar-refractivity contribution in [3.05, 3.63) is 59.4 Å². The summed E-state index contributed by atoms with van der Waals surface area (Å²) in [6.07, 6.45) is 3.55. The maximum Gasteiger partial charge on any atom is 0.233 e. The van der Waals surface area contributed by atoms with Gasteiger partial charge in [0.05, 0.1) is 34.9 Å². The van der Waals surface area contributed by atoms with Crippen LogP contribution in [0.4, 0.5) is 5.13 Å². The van der Waals surface area contributed by atoms with Crippen molar-refractivity contribution in [2.75, 3.05) is 18.5 Å². The lowest BCUT2D eigenvalue weighted by atomic mass is 9.94. The van der Waals surface area contributed by atoms with Crippen molar-refractivity contribution in [3.63, 3.8) is 0 Å². The third-order valence-electron chi connectivity index (χ3n) is 4.84. The number of aliphatic hydroxyl groups excluding tert-OH is 1. The van der Waals surface area contributed by atoms with E-state index in [4.69, 9.17) is 9.52 Å². The van der Waals surface area contributed by atoms with Crippen LogP contribution in [0.5, 0.6) is 0 Å². The smallest absolute Gasteiger partial charge is 0.233 e. The molecule has 0 aliphatic heterocycles. The Hall–Kier alpha value is -2.20. The molecule has 0 saturated heterocycles. The molecule has 32 heavy (non-hydrogen) atoms. The molecule has 3 rings (SSSR count). The highest BCUT2D eigenvalue weighted by molar-refractivity contribution is 8.00. The van der Waals surface area contributed by atoms with Crippen LogP contribution < -0.4 is 10.6 Å². The molecule has 3 aromatic rings. The third-order valence-corrected chi connectivity index (χ3v) is 6.93. The summed E-state index contributed by atoms with van der Waals surface area (Å²) in [5, 5.41) is 15.5. The minimum atomic E-state index is -0.294. The summed E-state index contributed by atoms with van der Waals surface area (Å²) >= 11 is 3.03. The number of hydrogen-bond acceptors (Lipinski definition) is 8. The first-order valence-corrected chi connectivity index (χ1v) is 12.3. The van der Waals surface area contributed by atoms with Gasteiger partial charge in [-0.05, 0) is 18.1 Å². The fourth-order valence-corrected chi connectivity index (χ4v) is 4.57. The van der Waals surface area contributed by atoms with E-state index in [0.29, 0.717) is 29.9 Å². The number of amides is 1. The van der Waals surface area contributed by atoms with Crippen LogP contribution in [0.15, 0.2) is 45.3 Å². The summed E-state index contributed by atoms with van der Waals surface area (Å²) in [7, 11) is 0. The molecule has 0 fully saturated rings. The highest BCUT2D eigenvalue weighted by Crippen LogP contribution is 2.32. The maximum absolute atomic E-state index is 12.7. The van der Waals surface area contributed by atoms with Crippen LogP contribution >= 0.6 is 23.1 Å². The van der Waals surface area contributed by atoms with Gasteiger partial charge in [-0.2, -0.15) is 0 Å². The number of aliphatic hydroxyl groups is 1. The van der Waals surface area contributed by atoms with E-state index in [1.165, 1.54) is 11.3 Å². The highest BCUT2D eigenvalue weighted by atomic mass is 32.2. The van der Waals surface area contributed by atoms with Crippen LogP contribution in [0.1, 0.15) is 56.4 Å². The highest BCUT2D eigenvalue weighted by Gasteiger charge is 2.20. The molecule has 0 aliphatic rings. The molecular weight excluding hydrogens is 444 g/mol. The summed E-state index contributed by atoms with van der Waals surface area (Å²) in [4.78, 5) is 21.4. The Bertz CT molecular complexity index is 1010. The van der Waals surface area contributed by atoms with E-state index in [9.17, 15) is 4.79 Å². The number of rotatable bonds is 10. The Morgan fingerprint density at radius 2 is 1.97 bits per heavy atom. The van der Waals surface area contributed by atoms with Crippen molar-refractivity contribution in [1.82, 2.24) is 15.3 Å². The minimum Gasteiger partial charge on any atom is -0.444 e. The summed E-state index contributed by atoms with van der Waals surface area (Å²) in [5.74, 6) is 1.78. The number of hydrogen-bond donors (Lipinski definition) is 3. The monoisotopic (exact) mass is 474 g/mol. The summed E-state index contributed by atoms with van der Waals surface area (Å²) in [5.41, 5.74) is 1.99. The number of aromatic nitrogens is 2. The Morgan fingerprint density at radius 1 is 1.22 bits per heavy atom. The van der Waals surface area contributed by atoms with Gasteiger partial charge >= 0.3 is 0 Å². The van der Waals surface area contributed by atoms with Gasteiger partial charge < -0.3 is 20.2 Å². The number of benzene rings is 1. The van der Waals surface area contributed by atoms with Gasteiger partial charge in [0.15, 0.2) is 5.13 Å². The quantitative estimate of drug-likeness (QED) is 0.293. The number of nitrogens with one attached hydrogen (secondary N) is 2. The van der Waals surface area contributed by atoms with E-state index < -0.39 is 0 Å². The molecule has 0 radical (unpaired) electrons. The van der Waals surface area contributed by atoms with E-state index in [2.05, 4.69) is 41.4 Å². The van der Waals surface area contributed by atoms with Crippen molar-refractivity contribution in [1.29, 1.82) is 0 Å². The van der Waals surface area contributed by atoms with E-state index in [1.54, 1.807) is 24.2 Å². The second-order valence-corrected chi connectivity index (χ2v) is 10.8. The van der Waals surface area contributed by atoms with Crippen molar-refractivity contribution >= 4 is 34.1 Å². The molecule has 1 amide bonds. The molecule has 0 bridgehead atoms. The molecule has 0 unspecified atom stereocenters. The van der Waals surface area contributed by atoms with Crippen LogP contribution in [-0.2, 0) is 22.5 Å². The van der Waals surface area contributed by atoms with Crippen LogP contribution in [0.2, 0.25) is 0 Å². The summed E-state index contributed by atoms with van der Waals surface area (Å²) in [6, 6.07) is 7.92. The first-order valence-electron chi connectivity index (χ1n) is 10.5. The number of carbonyl (C=O) groups is 1. The van der Waals surface area contributed by atoms with Gasteiger partial charge in [0.2, 0.25) is 11.8 Å².